The zero-order valence-electron chi connectivity index (χ0n) is 20.3. The van der Waals surface area contributed by atoms with Crippen molar-refractivity contribution in [3.63, 3.8) is 0 Å². The van der Waals surface area contributed by atoms with Gasteiger partial charge < -0.3 is 25.3 Å². The number of furan rings is 1. The number of amides is 1. The average Bonchev–Trinajstić information content (AvgIpc) is 3.11. The molecule has 1 saturated heterocycles. The molecule has 2 aliphatic rings. The van der Waals surface area contributed by atoms with Crippen molar-refractivity contribution in [2.75, 3.05) is 37.4 Å². The van der Waals surface area contributed by atoms with Crippen LogP contribution in [0.5, 0.6) is 0 Å². The molecular formula is C26H29N7O2. The number of benzene rings is 2. The van der Waals surface area contributed by atoms with Crippen LogP contribution in [0.2, 0.25) is 0 Å². The van der Waals surface area contributed by atoms with E-state index in [1.54, 1.807) is 0 Å². The molecule has 5 rings (SSSR count). The zero-order chi connectivity index (χ0) is 24.9. The Labute approximate surface area is 203 Å². The van der Waals surface area contributed by atoms with Crippen molar-refractivity contribution < 1.29 is 9.21 Å². The van der Waals surface area contributed by atoms with Gasteiger partial charge in [0.15, 0.2) is 11.6 Å². The number of rotatable bonds is 5. The number of fused-ring (bicyclic) bond motifs is 1. The Hall–Kier alpha value is -4.11. The van der Waals surface area contributed by atoms with Crippen LogP contribution in [-0.2, 0) is 4.79 Å². The van der Waals surface area contributed by atoms with Gasteiger partial charge in [-0.3, -0.25) is 10.2 Å². The number of anilines is 2. The van der Waals surface area contributed by atoms with Gasteiger partial charge in [-0.2, -0.15) is 5.10 Å². The largest absolute Gasteiger partial charge is 0.454 e. The van der Waals surface area contributed by atoms with E-state index in [1.165, 1.54) is 0 Å². The predicted molar refractivity (Wildman–Crippen MR) is 140 cm³/mol. The highest BCUT2D eigenvalue weighted by atomic mass is 16.3. The van der Waals surface area contributed by atoms with Crippen molar-refractivity contribution in [3.8, 4) is 0 Å². The second-order valence-electron chi connectivity index (χ2n) is 9.31. The molecule has 1 aromatic heterocycles. The molecule has 9 heteroatoms. The lowest BCUT2D eigenvalue weighted by Crippen LogP contribution is -2.57. The van der Waals surface area contributed by atoms with Gasteiger partial charge in [-0.15, -0.1) is 0 Å². The number of likely N-dealkylation sites (N-methyl/N-ethyl adjacent to an activating group) is 1. The molecule has 2 aliphatic heterocycles. The monoisotopic (exact) mass is 471 g/mol. The standard InChI is InChI=1S/C26H29N7O2/c1-14-5-10-20-19(11-14)15(2)24(35-20)23(21-22(27)26(34)31-30-25(21)28)29-16-6-8-17(9-7-16)33-12-18(13-33)32(3)4/h5-11,18,27,29H,12-13H2,1-4H3,(H2,28,30)(H,31,34)/b23-21+,27-22?. The van der Waals surface area contributed by atoms with Crippen LogP contribution in [0.4, 0.5) is 11.4 Å². The Kier molecular flexibility index (Phi) is 5.56. The fourth-order valence-corrected chi connectivity index (χ4v) is 4.42. The predicted octanol–water partition coefficient (Wildman–Crippen LogP) is 3.04. The van der Waals surface area contributed by atoms with Crippen LogP contribution in [0.1, 0.15) is 16.9 Å². The van der Waals surface area contributed by atoms with Crippen molar-refractivity contribution >= 4 is 45.5 Å². The Morgan fingerprint density at radius 2 is 1.91 bits per heavy atom. The lowest BCUT2D eigenvalue weighted by Gasteiger charge is -2.44. The van der Waals surface area contributed by atoms with Crippen LogP contribution in [0, 0.1) is 19.3 Å². The van der Waals surface area contributed by atoms with Crippen molar-refractivity contribution in [2.45, 2.75) is 19.9 Å². The minimum Gasteiger partial charge on any atom is -0.454 e. The first-order valence-electron chi connectivity index (χ1n) is 11.5. The highest BCUT2D eigenvalue weighted by Gasteiger charge is 2.30. The van der Waals surface area contributed by atoms with Crippen LogP contribution in [0.3, 0.4) is 0 Å². The number of carbonyl (C=O) groups excluding carboxylic acids is 1. The topological polar surface area (TPSA) is 123 Å². The summed E-state index contributed by atoms with van der Waals surface area (Å²) in [5.74, 6) is -0.0689. The number of hydrogen-bond donors (Lipinski definition) is 4. The summed E-state index contributed by atoms with van der Waals surface area (Å²) in [6.07, 6.45) is 0. The maximum Gasteiger partial charge on any atom is 0.290 e. The number of nitrogens with zero attached hydrogens (tertiary/aromatic N) is 3. The van der Waals surface area contributed by atoms with Crippen LogP contribution in [0.15, 0.2) is 57.6 Å². The third-order valence-electron chi connectivity index (χ3n) is 6.67. The normalized spacial score (nSPS) is 18.0. The second kappa shape index (κ2) is 8.59. The summed E-state index contributed by atoms with van der Waals surface area (Å²) in [7, 11) is 4.20. The summed E-state index contributed by atoms with van der Waals surface area (Å²) < 4.78 is 6.22. The van der Waals surface area contributed by atoms with E-state index in [4.69, 9.17) is 15.6 Å². The molecule has 0 unspecified atom stereocenters. The number of carbonyl (C=O) groups is 1. The lowest BCUT2D eigenvalue weighted by atomic mass is 10.0. The van der Waals surface area contributed by atoms with Gasteiger partial charge in [-0.25, -0.2) is 5.43 Å². The van der Waals surface area contributed by atoms with Gasteiger partial charge in [-0.05, 0) is 64.3 Å². The Balaban J connectivity index is 1.55. The number of nitrogens with two attached hydrogens (primary N) is 1. The van der Waals surface area contributed by atoms with Crippen molar-refractivity contribution in [1.82, 2.24) is 10.3 Å². The molecule has 0 spiro atoms. The number of hydrazone groups is 1. The van der Waals surface area contributed by atoms with E-state index < -0.39 is 5.91 Å². The molecule has 180 valence electrons. The fraction of sp³-hybridized carbons (Fsp3) is 0.269. The molecule has 5 N–H and O–H groups in total. The first-order chi connectivity index (χ1) is 16.7. The van der Waals surface area contributed by atoms with Crippen molar-refractivity contribution in [2.24, 2.45) is 10.8 Å². The summed E-state index contributed by atoms with van der Waals surface area (Å²) in [5.41, 5.74) is 13.4. The van der Waals surface area contributed by atoms with Gasteiger partial charge in [0.05, 0.1) is 11.3 Å². The van der Waals surface area contributed by atoms with E-state index in [0.29, 0.717) is 23.1 Å². The maximum absolute atomic E-state index is 12.3. The Morgan fingerprint density at radius 3 is 2.60 bits per heavy atom. The smallest absolute Gasteiger partial charge is 0.290 e. The summed E-state index contributed by atoms with van der Waals surface area (Å²) in [5, 5.41) is 16.7. The van der Waals surface area contributed by atoms with Gasteiger partial charge in [0, 0.05) is 41.5 Å². The molecule has 2 aromatic carbocycles. The highest BCUT2D eigenvalue weighted by molar-refractivity contribution is 6.53. The van der Waals surface area contributed by atoms with E-state index in [0.717, 1.165) is 41.0 Å². The van der Waals surface area contributed by atoms with Gasteiger partial charge >= 0.3 is 0 Å². The first kappa shape index (κ1) is 22.7. The third kappa shape index (κ3) is 4.04. The molecule has 0 saturated carbocycles. The van der Waals surface area contributed by atoms with Gasteiger partial charge in [-0.1, -0.05) is 11.6 Å². The van der Waals surface area contributed by atoms with Gasteiger partial charge in [0.2, 0.25) is 0 Å². The fourth-order valence-electron chi connectivity index (χ4n) is 4.42. The Morgan fingerprint density at radius 1 is 1.20 bits per heavy atom. The quantitative estimate of drug-likeness (QED) is 0.454. The minimum atomic E-state index is -0.623. The second-order valence-corrected chi connectivity index (χ2v) is 9.31. The van der Waals surface area contributed by atoms with E-state index >= 15 is 0 Å². The van der Waals surface area contributed by atoms with E-state index in [-0.39, 0.29) is 17.1 Å². The van der Waals surface area contributed by atoms with Crippen LogP contribution in [0.25, 0.3) is 16.7 Å². The molecule has 3 heterocycles. The number of hydrogen-bond acceptors (Lipinski definition) is 8. The molecule has 0 bridgehead atoms. The molecule has 9 nitrogen and oxygen atoms in total. The minimum absolute atomic E-state index is 0.0417. The molecule has 3 aromatic rings. The highest BCUT2D eigenvalue weighted by Crippen LogP contribution is 2.34. The summed E-state index contributed by atoms with van der Waals surface area (Å²) >= 11 is 0. The average molecular weight is 472 g/mol. The Bertz CT molecular complexity index is 1390. The third-order valence-corrected chi connectivity index (χ3v) is 6.67. The maximum atomic E-state index is 12.3. The van der Waals surface area contributed by atoms with E-state index in [2.05, 4.69) is 57.9 Å². The molecule has 1 fully saturated rings. The molecule has 1 amide bonds. The van der Waals surface area contributed by atoms with Crippen molar-refractivity contribution in [1.29, 1.82) is 5.41 Å². The van der Waals surface area contributed by atoms with Crippen LogP contribution < -0.4 is 21.4 Å². The number of amidine groups is 1. The number of aryl methyl sites for hydroxylation is 2. The van der Waals surface area contributed by atoms with Gasteiger partial charge in [0.25, 0.3) is 5.91 Å². The zero-order valence-corrected chi connectivity index (χ0v) is 20.3. The van der Waals surface area contributed by atoms with Crippen LogP contribution >= 0.6 is 0 Å². The van der Waals surface area contributed by atoms with Crippen LogP contribution in [-0.4, -0.2) is 55.6 Å². The summed E-state index contributed by atoms with van der Waals surface area (Å²) in [4.78, 5) is 16.8. The van der Waals surface area contributed by atoms with Gasteiger partial charge in [0.1, 0.15) is 11.3 Å². The summed E-state index contributed by atoms with van der Waals surface area (Å²) in [6, 6.07) is 14.6. The van der Waals surface area contributed by atoms with E-state index in [1.807, 2.05) is 38.1 Å². The molecule has 0 radical (unpaired) electrons. The van der Waals surface area contributed by atoms with Crippen molar-refractivity contribution in [3.05, 3.63) is 64.9 Å². The van der Waals surface area contributed by atoms with E-state index in [9.17, 15) is 4.79 Å². The molecular weight excluding hydrogens is 442 g/mol. The molecule has 0 aliphatic carbocycles. The SMILES string of the molecule is Cc1ccc2oc(/C(Nc3ccc(N4CC(N(C)C)C4)cc3)=C3/C(=N)C(=O)NN=C3N)c(C)c2c1. The molecule has 35 heavy (non-hydrogen) atoms. The molecule has 0 atom stereocenters. The lowest BCUT2D eigenvalue weighted by molar-refractivity contribution is -0.114. The first-order valence-corrected chi connectivity index (χ1v) is 11.5. The summed E-state index contributed by atoms with van der Waals surface area (Å²) in [6.45, 7) is 5.96. The number of nitrogens with one attached hydrogen (secondary N) is 3.